The molecule has 96 valence electrons. The van der Waals surface area contributed by atoms with Crippen LogP contribution in [0.1, 0.15) is 5.69 Å². The first-order chi connectivity index (χ1) is 9.13. The molecule has 7 heteroatoms. The van der Waals surface area contributed by atoms with E-state index < -0.39 is 0 Å². The molecule has 0 aliphatic heterocycles. The molecule has 3 rings (SSSR count). The lowest BCUT2D eigenvalue weighted by atomic mass is 10.2. The number of aromatic nitrogens is 3. The highest BCUT2D eigenvalue weighted by Crippen LogP contribution is 2.31. The number of anilines is 1. The molecule has 0 aliphatic carbocycles. The lowest BCUT2D eigenvalue weighted by molar-refractivity contribution is 0.433. The molecule has 0 unspecified atom stereocenters. The minimum atomic E-state index is -0.345. The summed E-state index contributed by atoms with van der Waals surface area (Å²) in [6, 6.07) is 6.02. The zero-order chi connectivity index (χ0) is 13.4. The van der Waals surface area contributed by atoms with Crippen LogP contribution in [0.3, 0.4) is 0 Å². The summed E-state index contributed by atoms with van der Waals surface area (Å²) >= 11 is 1.28. The Bertz CT molecular complexity index is 737. The first-order valence-corrected chi connectivity index (χ1v) is 6.28. The number of rotatable bonds is 2. The molecule has 2 aromatic heterocycles. The number of hydrogen-bond acceptors (Lipinski definition) is 6. The van der Waals surface area contributed by atoms with Gasteiger partial charge in [0.2, 0.25) is 5.82 Å². The highest BCUT2D eigenvalue weighted by atomic mass is 32.1. The molecule has 5 nitrogen and oxygen atoms in total. The van der Waals surface area contributed by atoms with Gasteiger partial charge in [-0.2, -0.15) is 4.98 Å². The number of nitrogens with zero attached hydrogens (tertiary/aromatic N) is 3. The number of halogens is 1. The van der Waals surface area contributed by atoms with Crippen molar-refractivity contribution >= 4 is 16.5 Å². The average Bonchev–Trinajstić information content (AvgIpc) is 2.96. The third kappa shape index (κ3) is 2.19. The molecule has 0 amide bonds. The van der Waals surface area contributed by atoms with Gasteiger partial charge in [-0.15, -0.1) is 0 Å². The molecule has 0 saturated heterocycles. The van der Waals surface area contributed by atoms with Crippen molar-refractivity contribution in [1.29, 1.82) is 0 Å². The minimum absolute atomic E-state index is 0.334. The molecule has 2 heterocycles. The van der Waals surface area contributed by atoms with Crippen LogP contribution in [0.4, 0.5) is 9.52 Å². The summed E-state index contributed by atoms with van der Waals surface area (Å²) in [5.74, 6) is 0.328. The van der Waals surface area contributed by atoms with Crippen LogP contribution in [0, 0.1) is 12.7 Å². The molecular weight excluding hydrogens is 267 g/mol. The van der Waals surface area contributed by atoms with E-state index in [4.69, 9.17) is 10.3 Å². The van der Waals surface area contributed by atoms with Gasteiger partial charge in [0.15, 0.2) is 5.13 Å². The first-order valence-electron chi connectivity index (χ1n) is 5.46. The molecule has 0 saturated carbocycles. The van der Waals surface area contributed by atoms with E-state index >= 15 is 0 Å². The van der Waals surface area contributed by atoms with Crippen LogP contribution in [-0.4, -0.2) is 15.1 Å². The van der Waals surface area contributed by atoms with Crippen molar-refractivity contribution in [3.05, 3.63) is 35.8 Å². The Morgan fingerprint density at radius 3 is 2.84 bits per heavy atom. The van der Waals surface area contributed by atoms with Gasteiger partial charge in [0, 0.05) is 5.56 Å². The number of nitrogen functional groups attached to an aromatic ring is 1. The van der Waals surface area contributed by atoms with Gasteiger partial charge in [-0.05, 0) is 19.1 Å². The van der Waals surface area contributed by atoms with E-state index in [1.807, 2.05) is 6.92 Å². The molecular formula is C12H9FN4OS. The molecule has 0 aliphatic rings. The summed E-state index contributed by atoms with van der Waals surface area (Å²) in [5, 5.41) is 4.28. The minimum Gasteiger partial charge on any atom is -0.375 e. The molecule has 1 aromatic carbocycles. The highest BCUT2D eigenvalue weighted by Gasteiger charge is 2.16. The summed E-state index contributed by atoms with van der Waals surface area (Å²) in [5.41, 5.74) is 6.92. The second kappa shape index (κ2) is 4.43. The zero-order valence-electron chi connectivity index (χ0n) is 9.92. The Labute approximate surface area is 111 Å². The fourth-order valence-corrected chi connectivity index (χ4v) is 2.43. The maximum Gasteiger partial charge on any atom is 0.270 e. The van der Waals surface area contributed by atoms with E-state index in [9.17, 15) is 4.39 Å². The normalized spacial score (nSPS) is 10.8. The van der Waals surface area contributed by atoms with E-state index in [1.54, 1.807) is 12.1 Å². The third-order valence-corrected chi connectivity index (χ3v) is 3.49. The van der Waals surface area contributed by atoms with Crippen LogP contribution in [0.2, 0.25) is 0 Å². The fraction of sp³-hybridized carbons (Fsp3) is 0.0833. The van der Waals surface area contributed by atoms with Crippen LogP contribution in [0.25, 0.3) is 22.2 Å². The molecule has 0 spiro atoms. The highest BCUT2D eigenvalue weighted by molar-refractivity contribution is 7.18. The molecule has 0 fully saturated rings. The molecule has 2 N–H and O–H groups in total. The monoisotopic (exact) mass is 276 g/mol. The topological polar surface area (TPSA) is 77.8 Å². The Kier molecular flexibility index (Phi) is 2.75. The van der Waals surface area contributed by atoms with Crippen molar-refractivity contribution in [2.45, 2.75) is 6.92 Å². The van der Waals surface area contributed by atoms with Crippen molar-refractivity contribution in [3.63, 3.8) is 0 Å². The standard InChI is InChI=1S/C12H9FN4OS/c1-6-9(19-12(14)15-6)11-16-10(17-18-11)7-3-2-4-8(13)5-7/h2-5H,1H3,(H2,14,15). The van der Waals surface area contributed by atoms with Gasteiger partial charge in [0.05, 0.1) is 5.69 Å². The van der Waals surface area contributed by atoms with E-state index in [1.165, 1.54) is 23.5 Å². The molecule has 19 heavy (non-hydrogen) atoms. The van der Waals surface area contributed by atoms with E-state index in [0.717, 1.165) is 10.6 Å². The molecule has 0 atom stereocenters. The zero-order valence-corrected chi connectivity index (χ0v) is 10.7. The van der Waals surface area contributed by atoms with E-state index in [-0.39, 0.29) is 5.82 Å². The Hall–Kier alpha value is -2.28. The van der Waals surface area contributed by atoms with Gasteiger partial charge >= 0.3 is 0 Å². The van der Waals surface area contributed by atoms with Gasteiger partial charge in [-0.25, -0.2) is 9.37 Å². The van der Waals surface area contributed by atoms with Crippen molar-refractivity contribution in [2.24, 2.45) is 0 Å². The van der Waals surface area contributed by atoms with E-state index in [2.05, 4.69) is 15.1 Å². The van der Waals surface area contributed by atoms with Crippen LogP contribution < -0.4 is 5.73 Å². The predicted octanol–water partition coefficient (Wildman–Crippen LogP) is 2.89. The third-order valence-electron chi connectivity index (χ3n) is 2.52. The van der Waals surface area contributed by atoms with Crippen molar-refractivity contribution < 1.29 is 8.91 Å². The second-order valence-corrected chi connectivity index (χ2v) is 4.93. The maximum absolute atomic E-state index is 13.1. The Morgan fingerprint density at radius 1 is 1.32 bits per heavy atom. The average molecular weight is 276 g/mol. The summed E-state index contributed by atoms with van der Waals surface area (Å²) in [6.45, 7) is 1.81. The van der Waals surface area contributed by atoms with Crippen LogP contribution in [0.5, 0.6) is 0 Å². The fourth-order valence-electron chi connectivity index (χ4n) is 1.68. The SMILES string of the molecule is Cc1nc(N)sc1-c1nc(-c2cccc(F)c2)no1. The quantitative estimate of drug-likeness (QED) is 0.778. The largest absolute Gasteiger partial charge is 0.375 e. The predicted molar refractivity (Wildman–Crippen MR) is 69.9 cm³/mol. The Morgan fingerprint density at radius 2 is 2.16 bits per heavy atom. The number of nitrogens with two attached hydrogens (primary N) is 1. The molecule has 3 aromatic rings. The van der Waals surface area contributed by atoms with Gasteiger partial charge in [0.25, 0.3) is 5.89 Å². The smallest absolute Gasteiger partial charge is 0.270 e. The van der Waals surface area contributed by atoms with Crippen LogP contribution >= 0.6 is 11.3 Å². The number of benzene rings is 1. The van der Waals surface area contributed by atoms with Crippen molar-refractivity contribution in [3.8, 4) is 22.2 Å². The summed E-state index contributed by atoms with van der Waals surface area (Å²) in [6.07, 6.45) is 0. The Balaban J connectivity index is 2.02. The first kappa shape index (κ1) is 11.8. The van der Waals surface area contributed by atoms with Gasteiger partial charge < -0.3 is 10.3 Å². The van der Waals surface area contributed by atoms with Crippen LogP contribution in [0.15, 0.2) is 28.8 Å². The van der Waals surface area contributed by atoms with Crippen LogP contribution in [-0.2, 0) is 0 Å². The second-order valence-electron chi connectivity index (χ2n) is 3.90. The maximum atomic E-state index is 13.1. The van der Waals surface area contributed by atoms with Gasteiger partial charge in [-0.3, -0.25) is 0 Å². The lowest BCUT2D eigenvalue weighted by Gasteiger charge is -1.92. The number of aryl methyl sites for hydroxylation is 1. The van der Waals surface area contributed by atoms with E-state index in [0.29, 0.717) is 22.4 Å². The molecule has 0 bridgehead atoms. The van der Waals surface area contributed by atoms with Crippen molar-refractivity contribution in [2.75, 3.05) is 5.73 Å². The summed E-state index contributed by atoms with van der Waals surface area (Å²) in [7, 11) is 0. The number of thiazole rings is 1. The molecule has 0 radical (unpaired) electrons. The summed E-state index contributed by atoms with van der Waals surface area (Å²) in [4.78, 5) is 9.06. The van der Waals surface area contributed by atoms with Crippen molar-refractivity contribution in [1.82, 2.24) is 15.1 Å². The van der Waals surface area contributed by atoms with Gasteiger partial charge in [0.1, 0.15) is 10.7 Å². The lowest BCUT2D eigenvalue weighted by Crippen LogP contribution is -1.83. The summed E-state index contributed by atoms with van der Waals surface area (Å²) < 4.78 is 18.3. The van der Waals surface area contributed by atoms with Gasteiger partial charge in [-0.1, -0.05) is 28.6 Å². The number of hydrogen-bond donors (Lipinski definition) is 1.